The van der Waals surface area contributed by atoms with E-state index in [1.54, 1.807) is 12.1 Å². The van der Waals surface area contributed by atoms with Crippen molar-refractivity contribution in [1.29, 1.82) is 0 Å². The van der Waals surface area contributed by atoms with Crippen LogP contribution in [0.1, 0.15) is 18.9 Å². The molecule has 0 aliphatic heterocycles. The first-order chi connectivity index (χ1) is 5.66. The highest BCUT2D eigenvalue weighted by atomic mass is 35.5. The van der Waals surface area contributed by atoms with Gasteiger partial charge in [0.15, 0.2) is 0 Å². The van der Waals surface area contributed by atoms with Crippen LogP contribution in [0.25, 0.3) is 0 Å². The molecule has 0 atom stereocenters. The zero-order chi connectivity index (χ0) is 9.14. The number of hydrogen-bond donors (Lipinski definition) is 1. The Kier molecular flexibility index (Phi) is 3.24. The summed E-state index contributed by atoms with van der Waals surface area (Å²) >= 11 is 11.7. The number of halogens is 2. The van der Waals surface area contributed by atoms with Crippen molar-refractivity contribution in [1.82, 2.24) is 0 Å². The standard InChI is InChI=1S/C9H10Cl2O/c1-2-3-6-8(12)5-4-7(10)9(6)11/h4-5,12H,2-3H2,1H3. The predicted octanol–water partition coefficient (Wildman–Crippen LogP) is 3.65. The highest BCUT2D eigenvalue weighted by molar-refractivity contribution is 6.42. The van der Waals surface area contributed by atoms with Crippen LogP contribution in [-0.4, -0.2) is 5.11 Å². The van der Waals surface area contributed by atoms with Crippen LogP contribution < -0.4 is 0 Å². The second-order valence-corrected chi connectivity index (χ2v) is 3.39. The first-order valence-corrected chi connectivity index (χ1v) is 4.58. The van der Waals surface area contributed by atoms with Crippen molar-refractivity contribution in [2.75, 3.05) is 0 Å². The Bertz CT molecular complexity index is 284. The SMILES string of the molecule is CCCc1c(O)ccc(Cl)c1Cl. The van der Waals surface area contributed by atoms with Gasteiger partial charge in [-0.15, -0.1) is 0 Å². The normalized spacial score (nSPS) is 10.2. The summed E-state index contributed by atoms with van der Waals surface area (Å²) in [4.78, 5) is 0. The summed E-state index contributed by atoms with van der Waals surface area (Å²) < 4.78 is 0. The maximum Gasteiger partial charge on any atom is 0.120 e. The van der Waals surface area contributed by atoms with E-state index in [2.05, 4.69) is 0 Å². The molecule has 0 aliphatic rings. The van der Waals surface area contributed by atoms with Gasteiger partial charge in [-0.2, -0.15) is 0 Å². The van der Waals surface area contributed by atoms with Gasteiger partial charge in [-0.25, -0.2) is 0 Å². The zero-order valence-corrected chi connectivity index (χ0v) is 8.28. The van der Waals surface area contributed by atoms with Crippen molar-refractivity contribution < 1.29 is 5.11 Å². The lowest BCUT2D eigenvalue weighted by Gasteiger charge is -2.06. The summed E-state index contributed by atoms with van der Waals surface area (Å²) in [6, 6.07) is 3.16. The number of phenols is 1. The number of phenolic OH excluding ortho intramolecular Hbond substituents is 1. The third-order valence-electron chi connectivity index (χ3n) is 1.67. The molecule has 0 aliphatic carbocycles. The number of hydrogen-bond acceptors (Lipinski definition) is 1. The number of aromatic hydroxyl groups is 1. The lowest BCUT2D eigenvalue weighted by molar-refractivity contribution is 0.467. The fraction of sp³-hybridized carbons (Fsp3) is 0.333. The first-order valence-electron chi connectivity index (χ1n) is 3.82. The smallest absolute Gasteiger partial charge is 0.120 e. The Hall–Kier alpha value is -0.400. The van der Waals surface area contributed by atoms with E-state index >= 15 is 0 Å². The molecule has 0 saturated heterocycles. The largest absolute Gasteiger partial charge is 0.508 e. The van der Waals surface area contributed by atoms with E-state index in [0.29, 0.717) is 10.0 Å². The fourth-order valence-electron chi connectivity index (χ4n) is 1.07. The molecule has 0 amide bonds. The van der Waals surface area contributed by atoms with Crippen LogP contribution in [-0.2, 0) is 6.42 Å². The molecule has 0 saturated carbocycles. The topological polar surface area (TPSA) is 20.2 Å². The van der Waals surface area contributed by atoms with Gasteiger partial charge < -0.3 is 5.11 Å². The zero-order valence-electron chi connectivity index (χ0n) is 6.77. The number of benzene rings is 1. The molecule has 0 spiro atoms. The summed E-state index contributed by atoms with van der Waals surface area (Å²) in [7, 11) is 0. The van der Waals surface area contributed by atoms with Crippen molar-refractivity contribution in [2.45, 2.75) is 19.8 Å². The van der Waals surface area contributed by atoms with Crippen molar-refractivity contribution >= 4 is 23.2 Å². The molecule has 0 radical (unpaired) electrons. The van der Waals surface area contributed by atoms with Gasteiger partial charge in [0, 0.05) is 5.56 Å². The second-order valence-electron chi connectivity index (χ2n) is 2.61. The molecule has 1 aromatic carbocycles. The minimum atomic E-state index is 0.228. The monoisotopic (exact) mass is 204 g/mol. The summed E-state index contributed by atoms with van der Waals surface area (Å²) in [5.41, 5.74) is 0.742. The van der Waals surface area contributed by atoms with Gasteiger partial charge in [0.2, 0.25) is 0 Å². The molecule has 1 N–H and O–H groups in total. The molecular formula is C9H10Cl2O. The number of rotatable bonds is 2. The molecule has 0 bridgehead atoms. The molecule has 1 rings (SSSR count). The van der Waals surface area contributed by atoms with Gasteiger partial charge in [0.1, 0.15) is 5.75 Å². The first kappa shape index (κ1) is 9.69. The van der Waals surface area contributed by atoms with Crippen LogP contribution in [0.3, 0.4) is 0 Å². The van der Waals surface area contributed by atoms with Crippen LogP contribution in [0.15, 0.2) is 12.1 Å². The quantitative estimate of drug-likeness (QED) is 0.781. The van der Waals surface area contributed by atoms with E-state index in [-0.39, 0.29) is 5.75 Å². The lowest BCUT2D eigenvalue weighted by Crippen LogP contribution is -1.86. The maximum absolute atomic E-state index is 9.40. The van der Waals surface area contributed by atoms with Crippen LogP contribution in [0.2, 0.25) is 10.0 Å². The van der Waals surface area contributed by atoms with Crippen molar-refractivity contribution in [3.05, 3.63) is 27.7 Å². The predicted molar refractivity (Wildman–Crippen MR) is 52.1 cm³/mol. The third kappa shape index (κ3) is 1.85. The van der Waals surface area contributed by atoms with Crippen LogP contribution in [0.5, 0.6) is 5.75 Å². The Morgan fingerprint density at radius 1 is 1.33 bits per heavy atom. The maximum atomic E-state index is 9.40. The molecule has 1 aromatic rings. The molecule has 1 nitrogen and oxygen atoms in total. The average Bonchev–Trinajstić information content (AvgIpc) is 2.06. The summed E-state index contributed by atoms with van der Waals surface area (Å²) in [5.74, 6) is 0.228. The van der Waals surface area contributed by atoms with Gasteiger partial charge in [-0.05, 0) is 18.6 Å². The molecule has 0 fully saturated rings. The van der Waals surface area contributed by atoms with E-state index < -0.39 is 0 Å². The summed E-state index contributed by atoms with van der Waals surface area (Å²) in [6.07, 6.45) is 1.69. The Labute approximate surface area is 81.9 Å². The van der Waals surface area contributed by atoms with E-state index in [1.807, 2.05) is 6.92 Å². The lowest BCUT2D eigenvalue weighted by atomic mass is 10.1. The second kappa shape index (κ2) is 4.01. The van der Waals surface area contributed by atoms with Gasteiger partial charge in [0.05, 0.1) is 10.0 Å². The van der Waals surface area contributed by atoms with Crippen molar-refractivity contribution in [3.63, 3.8) is 0 Å². The Balaban J connectivity index is 3.14. The van der Waals surface area contributed by atoms with Crippen molar-refractivity contribution in [2.24, 2.45) is 0 Å². The summed E-state index contributed by atoms with van der Waals surface area (Å²) in [5, 5.41) is 10.4. The third-order valence-corrected chi connectivity index (χ3v) is 2.51. The highest BCUT2D eigenvalue weighted by Crippen LogP contribution is 2.32. The minimum Gasteiger partial charge on any atom is -0.508 e. The molecule has 0 unspecified atom stereocenters. The van der Waals surface area contributed by atoms with Crippen LogP contribution in [0, 0.1) is 0 Å². The Morgan fingerprint density at radius 3 is 2.58 bits per heavy atom. The molecule has 3 heteroatoms. The van der Waals surface area contributed by atoms with Gasteiger partial charge in [-0.1, -0.05) is 36.5 Å². The van der Waals surface area contributed by atoms with Gasteiger partial charge >= 0.3 is 0 Å². The van der Waals surface area contributed by atoms with Gasteiger partial charge in [0.25, 0.3) is 0 Å². The Morgan fingerprint density at radius 2 is 2.00 bits per heavy atom. The van der Waals surface area contributed by atoms with E-state index in [9.17, 15) is 5.11 Å². The van der Waals surface area contributed by atoms with Crippen LogP contribution >= 0.6 is 23.2 Å². The molecular weight excluding hydrogens is 195 g/mol. The molecule has 0 heterocycles. The molecule has 12 heavy (non-hydrogen) atoms. The average molecular weight is 205 g/mol. The van der Waals surface area contributed by atoms with Crippen molar-refractivity contribution in [3.8, 4) is 5.75 Å². The van der Waals surface area contributed by atoms with Crippen LogP contribution in [0.4, 0.5) is 0 Å². The van der Waals surface area contributed by atoms with E-state index in [1.165, 1.54) is 0 Å². The van der Waals surface area contributed by atoms with E-state index in [4.69, 9.17) is 23.2 Å². The fourth-order valence-corrected chi connectivity index (χ4v) is 1.50. The summed E-state index contributed by atoms with van der Waals surface area (Å²) in [6.45, 7) is 2.02. The minimum absolute atomic E-state index is 0.228. The molecule has 0 aromatic heterocycles. The molecule has 66 valence electrons. The highest BCUT2D eigenvalue weighted by Gasteiger charge is 2.08. The van der Waals surface area contributed by atoms with E-state index in [0.717, 1.165) is 18.4 Å². The van der Waals surface area contributed by atoms with Gasteiger partial charge in [-0.3, -0.25) is 0 Å².